The molecule has 1 fully saturated rings. The second-order valence-corrected chi connectivity index (χ2v) is 9.07. The number of amides is 2. The lowest BCUT2D eigenvalue weighted by atomic mass is 9.51. The van der Waals surface area contributed by atoms with E-state index in [2.05, 4.69) is 0 Å². The molecule has 1 spiro atoms. The van der Waals surface area contributed by atoms with Crippen LogP contribution in [0, 0.1) is 0 Å². The molecule has 5 rings (SSSR count). The summed E-state index contributed by atoms with van der Waals surface area (Å²) in [7, 11) is 5.00. The predicted octanol–water partition coefficient (Wildman–Crippen LogP) is 4.11. The number of carbonyl (C=O) groups is 2. The smallest absolute Gasteiger partial charge is 0.259 e. The highest BCUT2D eigenvalue weighted by atomic mass is 16.5. The number of rotatable bonds is 5. The van der Waals surface area contributed by atoms with Crippen molar-refractivity contribution in [3.8, 4) is 11.5 Å². The molecule has 0 aromatic heterocycles. The summed E-state index contributed by atoms with van der Waals surface area (Å²) in [6, 6.07) is 22.5. The third kappa shape index (κ3) is 2.45. The first-order chi connectivity index (χ1) is 16.3. The summed E-state index contributed by atoms with van der Waals surface area (Å²) < 4.78 is 10.8. The second-order valence-electron chi connectivity index (χ2n) is 9.07. The molecule has 2 amide bonds. The van der Waals surface area contributed by atoms with Gasteiger partial charge in [0.15, 0.2) is 5.54 Å². The lowest BCUT2D eigenvalue weighted by Gasteiger charge is -2.64. The molecular weight excluding hydrogens is 428 g/mol. The van der Waals surface area contributed by atoms with Gasteiger partial charge in [0, 0.05) is 24.3 Å². The van der Waals surface area contributed by atoms with Crippen LogP contribution >= 0.6 is 0 Å². The zero-order chi connectivity index (χ0) is 24.3. The lowest BCUT2D eigenvalue weighted by molar-refractivity contribution is -0.184. The summed E-state index contributed by atoms with van der Waals surface area (Å²) in [5.74, 6) is 1.15. The van der Waals surface area contributed by atoms with Crippen molar-refractivity contribution in [2.45, 2.75) is 30.8 Å². The molecule has 2 heterocycles. The Morgan fingerprint density at radius 1 is 0.735 bits per heavy atom. The molecule has 174 valence electrons. The highest BCUT2D eigenvalue weighted by Crippen LogP contribution is 2.65. The molecule has 6 nitrogen and oxygen atoms in total. The molecule has 2 aliphatic heterocycles. The number of ether oxygens (including phenoxy) is 2. The number of likely N-dealkylation sites (N-methyl/N-ethyl adjacent to an activating group) is 1. The van der Waals surface area contributed by atoms with Gasteiger partial charge in [0.05, 0.1) is 14.2 Å². The third-order valence-corrected chi connectivity index (χ3v) is 7.28. The second kappa shape index (κ2) is 7.62. The van der Waals surface area contributed by atoms with Crippen LogP contribution in [-0.2, 0) is 20.5 Å². The fourth-order valence-corrected chi connectivity index (χ4v) is 5.89. The Bertz CT molecular complexity index is 1220. The van der Waals surface area contributed by atoms with Gasteiger partial charge in [-0.2, -0.15) is 0 Å². The zero-order valence-electron chi connectivity index (χ0n) is 20.0. The number of nitrogens with zero attached hydrogens (tertiary/aromatic N) is 2. The molecule has 6 heteroatoms. The van der Waals surface area contributed by atoms with E-state index in [-0.39, 0.29) is 17.9 Å². The van der Waals surface area contributed by atoms with Gasteiger partial charge in [-0.25, -0.2) is 0 Å². The Morgan fingerprint density at radius 3 is 1.71 bits per heavy atom. The van der Waals surface area contributed by atoms with E-state index in [1.807, 2.05) is 86.6 Å². The molecule has 0 N–H and O–H groups in total. The number of benzene rings is 3. The van der Waals surface area contributed by atoms with Crippen molar-refractivity contribution in [3.63, 3.8) is 0 Å². The van der Waals surface area contributed by atoms with Gasteiger partial charge < -0.3 is 19.3 Å². The van der Waals surface area contributed by atoms with Gasteiger partial charge in [-0.15, -0.1) is 0 Å². The van der Waals surface area contributed by atoms with Crippen LogP contribution in [0.1, 0.15) is 30.5 Å². The van der Waals surface area contributed by atoms with E-state index >= 15 is 0 Å². The van der Waals surface area contributed by atoms with Crippen molar-refractivity contribution in [3.05, 3.63) is 89.5 Å². The number of hydrogen-bond acceptors (Lipinski definition) is 4. The molecule has 0 saturated carbocycles. The van der Waals surface area contributed by atoms with Gasteiger partial charge in [-0.1, -0.05) is 42.5 Å². The van der Waals surface area contributed by atoms with E-state index in [1.54, 1.807) is 31.1 Å². The number of likely N-dealkylation sites (tertiary alicyclic amines) is 1. The highest BCUT2D eigenvalue weighted by molar-refractivity contribution is 6.20. The van der Waals surface area contributed by atoms with Gasteiger partial charge in [0.1, 0.15) is 16.9 Å². The van der Waals surface area contributed by atoms with Crippen molar-refractivity contribution in [1.82, 2.24) is 4.90 Å². The number of anilines is 1. The van der Waals surface area contributed by atoms with Crippen LogP contribution in [0.4, 0.5) is 5.69 Å². The van der Waals surface area contributed by atoms with E-state index < -0.39 is 11.0 Å². The minimum atomic E-state index is -1.24. The molecule has 3 aromatic carbocycles. The SMILES string of the molecule is COc1ccc(C2(c3ccc(OC)cc3)C(=O)N(C(C)C)C23C(=O)N(C)c2ccccc23)cc1. The summed E-state index contributed by atoms with van der Waals surface area (Å²) in [6.45, 7) is 3.92. The van der Waals surface area contributed by atoms with Crippen LogP contribution in [0.3, 0.4) is 0 Å². The Balaban J connectivity index is 1.90. The van der Waals surface area contributed by atoms with Crippen LogP contribution in [0.5, 0.6) is 11.5 Å². The van der Waals surface area contributed by atoms with Gasteiger partial charge in [0.2, 0.25) is 5.91 Å². The molecule has 0 bridgehead atoms. The average molecular weight is 457 g/mol. The van der Waals surface area contributed by atoms with Gasteiger partial charge in [0.25, 0.3) is 5.91 Å². The average Bonchev–Trinajstić information content (AvgIpc) is 3.09. The van der Waals surface area contributed by atoms with Crippen LogP contribution in [0.2, 0.25) is 0 Å². The Morgan fingerprint density at radius 2 is 1.24 bits per heavy atom. The number of carbonyl (C=O) groups excluding carboxylic acids is 2. The summed E-state index contributed by atoms with van der Waals surface area (Å²) in [5.41, 5.74) is 0.692. The normalized spacial score (nSPS) is 20.5. The monoisotopic (exact) mass is 456 g/mol. The quantitative estimate of drug-likeness (QED) is 0.542. The number of hydrogen-bond donors (Lipinski definition) is 0. The van der Waals surface area contributed by atoms with Crippen LogP contribution in [-0.4, -0.2) is 44.0 Å². The van der Waals surface area contributed by atoms with E-state index in [1.165, 1.54) is 0 Å². The van der Waals surface area contributed by atoms with Crippen LogP contribution < -0.4 is 14.4 Å². The maximum atomic E-state index is 14.4. The van der Waals surface area contributed by atoms with E-state index in [0.29, 0.717) is 11.5 Å². The number of β-lactam (4-membered cyclic amide) rings is 1. The number of methoxy groups -OCH3 is 2. The first kappa shape index (κ1) is 22.0. The topological polar surface area (TPSA) is 59.1 Å². The van der Waals surface area contributed by atoms with Crippen molar-refractivity contribution in [1.29, 1.82) is 0 Å². The zero-order valence-corrected chi connectivity index (χ0v) is 20.0. The molecule has 1 atom stereocenters. The summed E-state index contributed by atoms with van der Waals surface area (Å²) in [5, 5.41) is 0. The fourth-order valence-electron chi connectivity index (χ4n) is 5.89. The molecule has 3 aromatic rings. The van der Waals surface area contributed by atoms with Crippen molar-refractivity contribution < 1.29 is 19.1 Å². The fraction of sp³-hybridized carbons (Fsp3) is 0.286. The molecule has 1 saturated heterocycles. The molecule has 0 aliphatic carbocycles. The summed E-state index contributed by atoms with van der Waals surface area (Å²) >= 11 is 0. The Kier molecular flexibility index (Phi) is 4.93. The summed E-state index contributed by atoms with van der Waals surface area (Å²) in [6.07, 6.45) is 0. The van der Waals surface area contributed by atoms with Crippen LogP contribution in [0.25, 0.3) is 0 Å². The Labute approximate surface area is 199 Å². The van der Waals surface area contributed by atoms with E-state index in [0.717, 1.165) is 22.4 Å². The van der Waals surface area contributed by atoms with Crippen molar-refractivity contribution in [2.75, 3.05) is 26.2 Å². The molecule has 2 aliphatic rings. The predicted molar refractivity (Wildman–Crippen MR) is 130 cm³/mol. The molecule has 0 radical (unpaired) electrons. The first-order valence-electron chi connectivity index (χ1n) is 11.4. The minimum absolute atomic E-state index is 0.101. The van der Waals surface area contributed by atoms with Gasteiger partial charge in [-0.05, 0) is 55.3 Å². The standard InChI is InChI=1S/C28H28N2O4/c1-18(2)30-25(31)27(19-10-14-21(33-4)15-11-19,20-12-16-22(34-5)17-13-20)28(30)23-8-6-7-9-24(23)29(3)26(28)32/h6-18H,1-5H3. The summed E-state index contributed by atoms with van der Waals surface area (Å²) in [4.78, 5) is 32.1. The molecule has 34 heavy (non-hydrogen) atoms. The lowest BCUT2D eigenvalue weighted by Crippen LogP contribution is -2.82. The van der Waals surface area contributed by atoms with Crippen molar-refractivity contribution in [2.24, 2.45) is 0 Å². The molecule has 1 unspecified atom stereocenters. The highest BCUT2D eigenvalue weighted by Gasteiger charge is 2.80. The minimum Gasteiger partial charge on any atom is -0.497 e. The van der Waals surface area contributed by atoms with Crippen molar-refractivity contribution >= 4 is 17.5 Å². The van der Waals surface area contributed by atoms with E-state index in [4.69, 9.17) is 9.47 Å². The molecular formula is C28H28N2O4. The maximum Gasteiger partial charge on any atom is 0.259 e. The third-order valence-electron chi connectivity index (χ3n) is 7.28. The first-order valence-corrected chi connectivity index (χ1v) is 11.4. The van der Waals surface area contributed by atoms with E-state index in [9.17, 15) is 9.59 Å². The maximum absolute atomic E-state index is 14.4. The Hall–Kier alpha value is -3.80. The largest absolute Gasteiger partial charge is 0.497 e. The number of fused-ring (bicyclic) bond motifs is 2. The van der Waals surface area contributed by atoms with Gasteiger partial charge in [-0.3, -0.25) is 9.59 Å². The van der Waals surface area contributed by atoms with Gasteiger partial charge >= 0.3 is 0 Å². The number of para-hydroxylation sites is 1. The van der Waals surface area contributed by atoms with Crippen LogP contribution in [0.15, 0.2) is 72.8 Å².